The van der Waals surface area contributed by atoms with E-state index in [9.17, 15) is 25.0 Å². The normalized spacial score (nSPS) is 13.5. The van der Waals surface area contributed by atoms with Crippen LogP contribution in [0.5, 0.6) is 11.5 Å². The highest BCUT2D eigenvalue weighted by Crippen LogP contribution is 2.45. The van der Waals surface area contributed by atoms with E-state index in [-0.39, 0.29) is 29.2 Å². The van der Waals surface area contributed by atoms with Crippen molar-refractivity contribution in [2.24, 2.45) is 0 Å². The van der Waals surface area contributed by atoms with E-state index >= 15 is 0 Å². The van der Waals surface area contributed by atoms with Gasteiger partial charge in [-0.1, -0.05) is 19.1 Å². The van der Waals surface area contributed by atoms with Gasteiger partial charge in [-0.25, -0.2) is 4.57 Å². The lowest BCUT2D eigenvalue weighted by Gasteiger charge is -2.33. The number of rotatable bonds is 6. The predicted octanol–water partition coefficient (Wildman–Crippen LogP) is 1.93. The highest BCUT2D eigenvalue weighted by Gasteiger charge is 2.39. The molecule has 2 rings (SSSR count). The Bertz CT molecular complexity index is 803. The van der Waals surface area contributed by atoms with Gasteiger partial charge in [-0.05, 0) is 36.2 Å². The molecule has 0 saturated heterocycles. The zero-order valence-corrected chi connectivity index (χ0v) is 14.3. The zero-order chi connectivity index (χ0) is 18.8. The molecule has 0 aliphatic carbocycles. The second kappa shape index (κ2) is 7.03. The second-order valence-corrected chi connectivity index (χ2v) is 6.98. The molecule has 0 aromatic heterocycles. The fourth-order valence-corrected chi connectivity index (χ4v) is 3.28. The molecule has 0 amide bonds. The summed E-state index contributed by atoms with van der Waals surface area (Å²) in [6, 6.07) is 9.31. The van der Waals surface area contributed by atoms with E-state index in [2.05, 4.69) is 0 Å². The number of hydrogen-bond acceptors (Lipinski definition) is 5. The largest absolute Gasteiger partial charge is 0.508 e. The number of phenols is 2. The van der Waals surface area contributed by atoms with E-state index in [0.717, 1.165) is 6.07 Å². The van der Waals surface area contributed by atoms with Crippen LogP contribution < -0.4 is 5.09 Å². The summed E-state index contributed by atoms with van der Waals surface area (Å²) in [5, 5.41) is 42.6. The third-order valence-electron chi connectivity index (χ3n) is 3.83. The Kier molecular flexibility index (Phi) is 5.41. The van der Waals surface area contributed by atoms with Gasteiger partial charge in [0, 0.05) is 17.5 Å². The number of benzene rings is 2. The molecule has 9 heteroatoms. The smallest absolute Gasteiger partial charge is 0.427 e. The van der Waals surface area contributed by atoms with Crippen LogP contribution in [-0.2, 0) is 10.4 Å². The number of anilines is 1. The first-order valence-corrected chi connectivity index (χ1v) is 9.07. The minimum absolute atomic E-state index is 0.0500. The van der Waals surface area contributed by atoms with E-state index in [4.69, 9.17) is 9.79 Å². The molecule has 0 saturated carbocycles. The van der Waals surface area contributed by atoms with E-state index in [1.807, 2.05) is 5.09 Å². The van der Waals surface area contributed by atoms with Crippen LogP contribution in [0.3, 0.4) is 0 Å². The maximum Gasteiger partial charge on any atom is 0.427 e. The van der Waals surface area contributed by atoms with Crippen molar-refractivity contribution in [2.45, 2.75) is 25.0 Å². The summed E-state index contributed by atoms with van der Waals surface area (Å²) >= 11 is 0. The molecule has 0 spiro atoms. The van der Waals surface area contributed by atoms with Crippen LogP contribution in [0.4, 0.5) is 5.69 Å². The second-order valence-electron chi connectivity index (χ2n) is 5.67. The molecule has 1 atom stereocenters. The van der Waals surface area contributed by atoms with E-state index in [0.29, 0.717) is 5.56 Å². The van der Waals surface area contributed by atoms with Crippen molar-refractivity contribution in [3.63, 3.8) is 0 Å². The minimum atomic E-state index is -4.75. The molecule has 7 N–H and O–H groups in total. The molecular weight excluding hydrogens is 349 g/mol. The van der Waals surface area contributed by atoms with Crippen molar-refractivity contribution < 1.29 is 34.8 Å². The summed E-state index contributed by atoms with van der Waals surface area (Å²) in [5.74, 6) is -3.78. The first-order valence-electron chi connectivity index (χ1n) is 7.45. The van der Waals surface area contributed by atoms with E-state index in [1.165, 1.54) is 24.3 Å². The van der Waals surface area contributed by atoms with E-state index in [1.54, 1.807) is 19.1 Å². The topological polar surface area (TPSA) is 150 Å². The lowest BCUT2D eigenvalue weighted by Crippen LogP contribution is -2.33. The summed E-state index contributed by atoms with van der Waals surface area (Å²) in [6.07, 6.45) is 0.257. The van der Waals surface area contributed by atoms with Crippen molar-refractivity contribution in [1.82, 2.24) is 0 Å². The maximum absolute atomic E-state index is 11.3. The summed E-state index contributed by atoms with van der Waals surface area (Å²) in [6.45, 7) is 1.70. The Labute approximate surface area is 144 Å². The molecule has 0 radical (unpaired) electrons. The third-order valence-corrected chi connectivity index (χ3v) is 4.36. The van der Waals surface area contributed by atoms with E-state index < -0.39 is 19.5 Å². The Morgan fingerprint density at radius 1 is 1.08 bits per heavy atom. The molecule has 0 aliphatic heterocycles. The number of aromatic hydroxyl groups is 2. The van der Waals surface area contributed by atoms with Crippen LogP contribution in [0.25, 0.3) is 0 Å². The summed E-state index contributed by atoms with van der Waals surface area (Å²) in [7, 11) is -4.75. The average molecular weight is 369 g/mol. The molecule has 1 unspecified atom stereocenters. The van der Waals surface area contributed by atoms with Crippen LogP contribution in [0.15, 0.2) is 42.5 Å². The molecule has 0 bridgehead atoms. The number of hydrogen-bond donors (Lipinski definition) is 7. The Hall–Kier alpha value is -2.09. The lowest BCUT2D eigenvalue weighted by atomic mass is 9.83. The van der Waals surface area contributed by atoms with Gasteiger partial charge in [0.15, 0.2) is 5.79 Å². The first kappa shape index (κ1) is 19.2. The average Bonchev–Trinajstić information content (AvgIpc) is 2.45. The molecule has 8 nitrogen and oxygen atoms in total. The quantitative estimate of drug-likeness (QED) is 0.301. The molecule has 2 aromatic rings. The van der Waals surface area contributed by atoms with Gasteiger partial charge in [0.05, 0.1) is 5.69 Å². The van der Waals surface area contributed by atoms with Crippen molar-refractivity contribution in [1.29, 1.82) is 0 Å². The van der Waals surface area contributed by atoms with Gasteiger partial charge in [-0.15, -0.1) is 0 Å². The van der Waals surface area contributed by atoms with Gasteiger partial charge in [-0.2, -0.15) is 0 Å². The maximum atomic E-state index is 11.3. The third kappa shape index (κ3) is 4.50. The molecule has 0 heterocycles. The van der Waals surface area contributed by atoms with Crippen LogP contribution in [0.2, 0.25) is 0 Å². The highest BCUT2D eigenvalue weighted by atomic mass is 31.2. The van der Waals surface area contributed by atoms with Crippen LogP contribution in [0.1, 0.15) is 30.4 Å². The first-order chi connectivity index (χ1) is 11.5. The van der Waals surface area contributed by atoms with Gasteiger partial charge in [0.25, 0.3) is 0 Å². The molecule has 2 aromatic carbocycles. The number of phenolic OH excluding ortho intramolecular Hbond substituents is 2. The Morgan fingerprint density at radius 3 is 2.28 bits per heavy atom. The van der Waals surface area contributed by atoms with Gasteiger partial charge in [0.1, 0.15) is 11.5 Å². The number of aliphatic hydroxyl groups is 2. The van der Waals surface area contributed by atoms with Gasteiger partial charge in [-0.3, -0.25) is 5.09 Å². The summed E-state index contributed by atoms with van der Waals surface area (Å²) in [5.41, 5.74) is -0.0940. The molecular formula is C16H20NO7P. The molecule has 25 heavy (non-hydrogen) atoms. The fraction of sp³-hybridized carbons (Fsp3) is 0.250. The minimum Gasteiger partial charge on any atom is -0.508 e. The SMILES string of the molecule is CCC(c1cccc(O)c1)C(O)(O)c1ccc(O)cc1NP(=O)(O)O. The van der Waals surface area contributed by atoms with Crippen molar-refractivity contribution >= 4 is 13.4 Å². The number of nitrogens with one attached hydrogen (secondary N) is 1. The van der Waals surface area contributed by atoms with Gasteiger partial charge in [0.2, 0.25) is 0 Å². The van der Waals surface area contributed by atoms with Crippen LogP contribution in [0, 0.1) is 0 Å². The summed E-state index contributed by atoms with van der Waals surface area (Å²) < 4.78 is 11.3. The van der Waals surface area contributed by atoms with Crippen molar-refractivity contribution in [3.8, 4) is 11.5 Å². The predicted molar refractivity (Wildman–Crippen MR) is 91.0 cm³/mol. The Balaban J connectivity index is 2.55. The van der Waals surface area contributed by atoms with Gasteiger partial charge >= 0.3 is 7.75 Å². The molecule has 0 fully saturated rings. The lowest BCUT2D eigenvalue weighted by molar-refractivity contribution is -0.188. The Morgan fingerprint density at radius 2 is 1.72 bits per heavy atom. The van der Waals surface area contributed by atoms with Crippen LogP contribution in [-0.4, -0.2) is 30.2 Å². The summed E-state index contributed by atoms with van der Waals surface area (Å²) in [4.78, 5) is 18.2. The van der Waals surface area contributed by atoms with Crippen LogP contribution >= 0.6 is 7.75 Å². The highest BCUT2D eigenvalue weighted by molar-refractivity contribution is 7.53. The van der Waals surface area contributed by atoms with Crippen molar-refractivity contribution in [3.05, 3.63) is 53.6 Å². The van der Waals surface area contributed by atoms with Crippen molar-refractivity contribution in [2.75, 3.05) is 5.09 Å². The molecule has 136 valence electrons. The standard InChI is InChI=1S/C16H20NO7P/c1-2-13(10-4-3-5-11(18)8-10)16(20,21)14-7-6-12(19)9-15(14)17-25(22,23)24/h3-9,13,18-21H,2H2,1H3,(H3,17,22,23,24). The van der Waals surface area contributed by atoms with Gasteiger partial charge < -0.3 is 30.2 Å². The monoisotopic (exact) mass is 369 g/mol. The molecule has 0 aliphatic rings. The fourth-order valence-electron chi connectivity index (χ4n) is 2.78. The zero-order valence-electron chi connectivity index (χ0n) is 13.4.